The Morgan fingerprint density at radius 2 is 1.84 bits per heavy atom. The lowest BCUT2D eigenvalue weighted by Gasteiger charge is -2.12. The summed E-state index contributed by atoms with van der Waals surface area (Å²) < 4.78 is 31.2. The molecule has 0 aliphatic heterocycles. The van der Waals surface area contributed by atoms with Gasteiger partial charge in [0.05, 0.1) is 10.7 Å². The molecule has 0 unspecified atom stereocenters. The van der Waals surface area contributed by atoms with Gasteiger partial charge in [-0.15, -0.1) is 0 Å². The van der Waals surface area contributed by atoms with Crippen LogP contribution in [0.3, 0.4) is 0 Å². The van der Waals surface area contributed by atoms with E-state index in [0.29, 0.717) is 15.2 Å². The number of nitrogens with zero attached hydrogens (tertiary/aromatic N) is 1. The molecule has 1 N–H and O–H groups in total. The fraction of sp³-hybridized carbons (Fsp3) is 0.0435. The van der Waals surface area contributed by atoms with E-state index in [-0.39, 0.29) is 21.8 Å². The maximum absolute atomic E-state index is 12.7. The number of nitrogens with one attached hydrogen (secondary N) is 1. The second-order valence-electron chi connectivity index (χ2n) is 6.59. The Morgan fingerprint density at radius 3 is 2.50 bits per heavy atom. The molecule has 0 aromatic heterocycles. The van der Waals surface area contributed by atoms with Crippen molar-refractivity contribution in [2.75, 3.05) is 5.32 Å². The van der Waals surface area contributed by atoms with Gasteiger partial charge >= 0.3 is 10.1 Å². The number of amides is 1. The number of rotatable bonds is 6. The minimum Gasteiger partial charge on any atom is -0.378 e. The number of carbonyl (C=O) groups is 1. The van der Waals surface area contributed by atoms with Crippen molar-refractivity contribution in [3.05, 3.63) is 92.9 Å². The van der Waals surface area contributed by atoms with Crippen LogP contribution in [0.2, 0.25) is 5.02 Å². The minimum atomic E-state index is -4.12. The number of aryl methyl sites for hydroxylation is 1. The molecule has 3 rings (SSSR count). The zero-order valence-corrected chi connectivity index (χ0v) is 19.8. The summed E-state index contributed by atoms with van der Waals surface area (Å²) in [5, 5.41) is 12.5. The van der Waals surface area contributed by atoms with Crippen LogP contribution < -0.4 is 9.50 Å². The molecule has 162 valence electrons. The molecule has 0 bridgehead atoms. The topological polar surface area (TPSA) is 96.3 Å². The van der Waals surface area contributed by atoms with Crippen LogP contribution in [0.15, 0.2) is 81.7 Å². The van der Waals surface area contributed by atoms with E-state index in [4.69, 9.17) is 15.8 Å². The predicted octanol–water partition coefficient (Wildman–Crippen LogP) is 5.72. The maximum Gasteiger partial charge on any atom is 0.339 e. The molecule has 0 radical (unpaired) electrons. The molecule has 0 aliphatic carbocycles. The standard InChI is InChI=1S/C23H16BrClN2O4S/c1-15-6-5-9-20(25)22(15)27-23(28)17(14-26)12-16-13-18(24)10-11-21(16)31-32(29,30)19-7-3-2-4-8-19/h2-13H,1H3,(H,27,28)/b17-12+. The number of nitriles is 1. The largest absolute Gasteiger partial charge is 0.378 e. The van der Waals surface area contributed by atoms with Crippen molar-refractivity contribution in [3.63, 3.8) is 0 Å². The van der Waals surface area contributed by atoms with Crippen molar-refractivity contribution >= 4 is 55.3 Å². The zero-order valence-electron chi connectivity index (χ0n) is 16.7. The van der Waals surface area contributed by atoms with Gasteiger partial charge < -0.3 is 9.50 Å². The summed E-state index contributed by atoms with van der Waals surface area (Å²) in [5.74, 6) is -0.730. The quantitative estimate of drug-likeness (QED) is 0.249. The molecule has 0 spiro atoms. The van der Waals surface area contributed by atoms with Gasteiger partial charge in [-0.25, -0.2) is 0 Å². The number of halogens is 2. The summed E-state index contributed by atoms with van der Waals surface area (Å²) in [7, 11) is -4.12. The lowest BCUT2D eigenvalue weighted by atomic mass is 10.1. The second-order valence-corrected chi connectivity index (χ2v) is 9.46. The smallest absolute Gasteiger partial charge is 0.339 e. The van der Waals surface area contributed by atoms with Gasteiger partial charge in [-0.2, -0.15) is 13.7 Å². The summed E-state index contributed by atoms with van der Waals surface area (Å²) in [6, 6.07) is 19.2. The van der Waals surface area contributed by atoms with E-state index >= 15 is 0 Å². The number of hydrogen-bond acceptors (Lipinski definition) is 5. The summed E-state index contributed by atoms with van der Waals surface area (Å²) >= 11 is 9.46. The second kappa shape index (κ2) is 10.0. The van der Waals surface area contributed by atoms with Gasteiger partial charge in [0, 0.05) is 10.0 Å². The first-order chi connectivity index (χ1) is 15.2. The summed E-state index contributed by atoms with van der Waals surface area (Å²) in [6.07, 6.45) is 1.25. The molecule has 1 amide bonds. The average molecular weight is 532 g/mol. The van der Waals surface area contributed by atoms with Gasteiger partial charge in [0.25, 0.3) is 5.91 Å². The van der Waals surface area contributed by atoms with Crippen molar-refractivity contribution < 1.29 is 17.4 Å². The Kier molecular flexibility index (Phi) is 7.36. The highest BCUT2D eigenvalue weighted by Gasteiger charge is 2.19. The van der Waals surface area contributed by atoms with Gasteiger partial charge in [-0.1, -0.05) is 57.9 Å². The summed E-state index contributed by atoms with van der Waals surface area (Å²) in [4.78, 5) is 12.7. The number of hydrogen-bond donors (Lipinski definition) is 1. The van der Waals surface area contributed by atoms with Gasteiger partial charge in [0.2, 0.25) is 0 Å². The van der Waals surface area contributed by atoms with E-state index in [9.17, 15) is 18.5 Å². The molecular formula is C23H16BrClN2O4S. The third-order valence-electron chi connectivity index (χ3n) is 4.33. The van der Waals surface area contributed by atoms with Crippen LogP contribution in [0.4, 0.5) is 5.69 Å². The molecule has 3 aromatic rings. The summed E-state index contributed by atoms with van der Waals surface area (Å²) in [6.45, 7) is 1.77. The SMILES string of the molecule is Cc1cccc(Cl)c1NC(=O)/C(C#N)=C/c1cc(Br)ccc1OS(=O)(=O)c1ccccc1. The molecule has 3 aromatic carbocycles. The van der Waals surface area contributed by atoms with Gasteiger partial charge in [0.15, 0.2) is 0 Å². The van der Waals surface area contributed by atoms with Gasteiger partial charge in [-0.3, -0.25) is 4.79 Å². The van der Waals surface area contributed by atoms with Gasteiger partial charge in [-0.05, 0) is 55.0 Å². The third-order valence-corrected chi connectivity index (χ3v) is 6.39. The first-order valence-corrected chi connectivity index (χ1v) is 11.8. The molecule has 0 heterocycles. The molecule has 32 heavy (non-hydrogen) atoms. The van der Waals surface area contributed by atoms with E-state index in [0.717, 1.165) is 5.56 Å². The molecule has 0 aliphatic rings. The van der Waals surface area contributed by atoms with Crippen LogP contribution in [0, 0.1) is 18.3 Å². The highest BCUT2D eigenvalue weighted by atomic mass is 79.9. The fourth-order valence-electron chi connectivity index (χ4n) is 2.74. The fourth-order valence-corrected chi connectivity index (χ4v) is 4.36. The van der Waals surface area contributed by atoms with Crippen molar-refractivity contribution in [1.29, 1.82) is 5.26 Å². The third kappa shape index (κ3) is 5.56. The predicted molar refractivity (Wildman–Crippen MR) is 127 cm³/mol. The Bertz CT molecular complexity index is 1330. The van der Waals surface area contributed by atoms with Gasteiger partial charge in [0.1, 0.15) is 22.3 Å². The normalized spacial score (nSPS) is 11.5. The Hall–Kier alpha value is -3.12. The van der Waals surface area contributed by atoms with E-state index < -0.39 is 16.0 Å². The molecule has 0 saturated heterocycles. The Morgan fingerprint density at radius 1 is 1.12 bits per heavy atom. The highest BCUT2D eigenvalue weighted by Crippen LogP contribution is 2.29. The van der Waals surface area contributed by atoms with Crippen LogP contribution in [0.25, 0.3) is 6.08 Å². The van der Waals surface area contributed by atoms with E-state index in [2.05, 4.69) is 21.2 Å². The number of carbonyl (C=O) groups excluding carboxylic acids is 1. The highest BCUT2D eigenvalue weighted by molar-refractivity contribution is 9.10. The number of anilines is 1. The molecule has 9 heteroatoms. The first-order valence-electron chi connectivity index (χ1n) is 9.18. The van der Waals surface area contributed by atoms with Crippen LogP contribution in [-0.2, 0) is 14.9 Å². The minimum absolute atomic E-state index is 0.0229. The molecule has 0 atom stereocenters. The Balaban J connectivity index is 1.97. The van der Waals surface area contributed by atoms with Crippen LogP contribution in [0.1, 0.15) is 11.1 Å². The average Bonchev–Trinajstić information content (AvgIpc) is 2.76. The molecule has 0 fully saturated rings. The van der Waals surface area contributed by atoms with Crippen molar-refractivity contribution in [3.8, 4) is 11.8 Å². The lowest BCUT2D eigenvalue weighted by Crippen LogP contribution is -2.15. The van der Waals surface area contributed by atoms with Crippen LogP contribution in [-0.4, -0.2) is 14.3 Å². The monoisotopic (exact) mass is 530 g/mol. The van der Waals surface area contributed by atoms with Crippen molar-refractivity contribution in [2.45, 2.75) is 11.8 Å². The number of para-hydroxylation sites is 1. The van der Waals surface area contributed by atoms with E-state index in [1.807, 2.05) is 6.07 Å². The molecule has 6 nitrogen and oxygen atoms in total. The number of benzene rings is 3. The van der Waals surface area contributed by atoms with Crippen molar-refractivity contribution in [1.82, 2.24) is 0 Å². The zero-order chi connectivity index (χ0) is 23.3. The maximum atomic E-state index is 12.7. The van der Waals surface area contributed by atoms with Crippen molar-refractivity contribution in [2.24, 2.45) is 0 Å². The lowest BCUT2D eigenvalue weighted by molar-refractivity contribution is -0.112. The molecular weight excluding hydrogens is 516 g/mol. The van der Waals surface area contributed by atoms with Crippen LogP contribution >= 0.6 is 27.5 Å². The van der Waals surface area contributed by atoms with Crippen LogP contribution in [0.5, 0.6) is 5.75 Å². The molecule has 0 saturated carbocycles. The first kappa shape index (κ1) is 23.5. The van der Waals surface area contributed by atoms with E-state index in [1.165, 1.54) is 24.3 Å². The Labute approximate surface area is 199 Å². The summed E-state index contributed by atoms with van der Waals surface area (Å²) in [5.41, 5.74) is 1.08. The van der Waals surface area contributed by atoms with E-state index in [1.54, 1.807) is 55.5 Å².